The van der Waals surface area contributed by atoms with Crippen molar-refractivity contribution in [3.63, 3.8) is 0 Å². The van der Waals surface area contributed by atoms with Gasteiger partial charge in [0, 0.05) is 85.1 Å². The summed E-state index contributed by atoms with van der Waals surface area (Å²) in [4.78, 5) is 29.1. The van der Waals surface area contributed by atoms with Crippen molar-refractivity contribution in [2.45, 2.75) is 6.54 Å². The number of nitrogens with one attached hydrogen (secondary N) is 1. The number of anilines is 2. The molecule has 5 aromatic rings. The lowest BCUT2D eigenvalue weighted by Gasteiger charge is -2.36. The molecule has 0 unspecified atom stereocenters. The van der Waals surface area contributed by atoms with Gasteiger partial charge < -0.3 is 25.1 Å². The molecule has 0 atom stereocenters. The summed E-state index contributed by atoms with van der Waals surface area (Å²) in [7, 11) is 1.69. The number of ether oxygens (including phenoxy) is 1. The summed E-state index contributed by atoms with van der Waals surface area (Å²) in [5, 5.41) is 7.77. The van der Waals surface area contributed by atoms with Crippen LogP contribution in [0.25, 0.3) is 28.4 Å². The van der Waals surface area contributed by atoms with Gasteiger partial charge in [0.05, 0.1) is 12.0 Å². The third-order valence-electron chi connectivity index (χ3n) is 8.48. The molecule has 14 nitrogen and oxygen atoms in total. The highest BCUT2D eigenvalue weighted by Gasteiger charge is 2.24. The summed E-state index contributed by atoms with van der Waals surface area (Å²) in [6.07, 6.45) is 1.54. The van der Waals surface area contributed by atoms with Crippen molar-refractivity contribution >= 4 is 28.4 Å². The molecule has 0 saturated carbocycles. The van der Waals surface area contributed by atoms with E-state index in [9.17, 15) is 4.79 Å². The molecule has 232 valence electrons. The van der Waals surface area contributed by atoms with Crippen molar-refractivity contribution in [2.75, 3.05) is 82.7 Å². The normalized spacial score (nSPS) is 16.8. The van der Waals surface area contributed by atoms with Gasteiger partial charge in [-0.1, -0.05) is 0 Å². The average molecular weight is 606 g/mol. The number of imidazole rings is 1. The standard InChI is InChI=1S/C29H36FN11O3/c1-36-24-26(34-28(31)41-27(24)33-25(35-41)23-3-2-17-44-23)40(29(36)42)15-12-38-10-13-39(14-11-38)22-5-4-20(19-21(22)30)43-18-16-37-8-6-32-7-9-37/h2-5,17,19,32H,6-16,18H2,1H3,(H2,31,34). The van der Waals surface area contributed by atoms with Crippen molar-refractivity contribution in [1.82, 2.24) is 43.8 Å². The van der Waals surface area contributed by atoms with Crippen LogP contribution in [-0.2, 0) is 13.6 Å². The molecule has 1 aromatic carbocycles. The number of piperazine rings is 2. The topological polar surface area (TPSA) is 140 Å². The van der Waals surface area contributed by atoms with Gasteiger partial charge in [-0.2, -0.15) is 9.50 Å². The second-order valence-corrected chi connectivity index (χ2v) is 11.2. The van der Waals surface area contributed by atoms with Gasteiger partial charge in [0.25, 0.3) is 0 Å². The smallest absolute Gasteiger partial charge is 0.330 e. The molecule has 0 spiro atoms. The number of halogens is 1. The largest absolute Gasteiger partial charge is 0.492 e. The lowest BCUT2D eigenvalue weighted by atomic mass is 10.2. The number of nitrogen functional groups attached to an aromatic ring is 1. The first-order chi connectivity index (χ1) is 21.5. The van der Waals surface area contributed by atoms with Crippen LogP contribution < -0.4 is 26.4 Å². The van der Waals surface area contributed by atoms with Crippen LogP contribution in [0.3, 0.4) is 0 Å². The second-order valence-electron chi connectivity index (χ2n) is 11.2. The molecule has 4 aromatic heterocycles. The zero-order valence-electron chi connectivity index (χ0n) is 24.7. The Kier molecular flexibility index (Phi) is 7.66. The van der Waals surface area contributed by atoms with Gasteiger partial charge in [-0.25, -0.2) is 14.2 Å². The van der Waals surface area contributed by atoms with E-state index in [-0.39, 0.29) is 17.5 Å². The van der Waals surface area contributed by atoms with Crippen LogP contribution >= 0.6 is 0 Å². The second kappa shape index (κ2) is 11.9. The Morgan fingerprint density at radius 2 is 1.80 bits per heavy atom. The molecule has 6 heterocycles. The lowest BCUT2D eigenvalue weighted by molar-refractivity contribution is 0.191. The predicted octanol–water partition coefficient (Wildman–Crippen LogP) is 0.865. The lowest BCUT2D eigenvalue weighted by Crippen LogP contribution is -2.47. The van der Waals surface area contributed by atoms with E-state index in [1.807, 2.05) is 6.07 Å². The van der Waals surface area contributed by atoms with Crippen LogP contribution in [0.1, 0.15) is 0 Å². The first-order valence-electron chi connectivity index (χ1n) is 14.9. The van der Waals surface area contributed by atoms with Gasteiger partial charge in [-0.3, -0.25) is 18.9 Å². The van der Waals surface area contributed by atoms with Crippen LogP contribution in [0.4, 0.5) is 16.0 Å². The monoisotopic (exact) mass is 605 g/mol. The minimum atomic E-state index is -0.279. The number of rotatable bonds is 9. The zero-order valence-corrected chi connectivity index (χ0v) is 24.7. The number of benzene rings is 1. The molecular weight excluding hydrogens is 569 g/mol. The number of aryl methyl sites for hydroxylation is 1. The van der Waals surface area contributed by atoms with Crippen LogP contribution in [0, 0.1) is 5.82 Å². The van der Waals surface area contributed by atoms with E-state index in [0.717, 1.165) is 45.8 Å². The van der Waals surface area contributed by atoms with Crippen molar-refractivity contribution < 1.29 is 13.5 Å². The van der Waals surface area contributed by atoms with Gasteiger partial charge in [0.15, 0.2) is 17.1 Å². The number of hydrogen-bond acceptors (Lipinski definition) is 11. The van der Waals surface area contributed by atoms with Crippen molar-refractivity contribution in [2.24, 2.45) is 7.05 Å². The van der Waals surface area contributed by atoms with Gasteiger partial charge >= 0.3 is 5.69 Å². The van der Waals surface area contributed by atoms with Crippen LogP contribution in [0.5, 0.6) is 5.75 Å². The number of fused-ring (bicyclic) bond motifs is 3. The summed E-state index contributed by atoms with van der Waals surface area (Å²) in [5.74, 6) is 1.26. The molecule has 0 amide bonds. The van der Waals surface area contributed by atoms with E-state index >= 15 is 4.39 Å². The number of aromatic nitrogens is 6. The van der Waals surface area contributed by atoms with E-state index in [4.69, 9.17) is 14.9 Å². The van der Waals surface area contributed by atoms with E-state index in [1.165, 1.54) is 15.1 Å². The summed E-state index contributed by atoms with van der Waals surface area (Å²) >= 11 is 0. The number of nitrogens with two attached hydrogens (primary N) is 1. The highest BCUT2D eigenvalue weighted by Crippen LogP contribution is 2.26. The molecular formula is C29H36FN11O3. The Hall–Kier alpha value is -4.47. The number of nitrogens with zero attached hydrogens (tertiary/aromatic N) is 9. The summed E-state index contributed by atoms with van der Waals surface area (Å²) in [5.41, 5.74) is 8.04. The minimum Gasteiger partial charge on any atom is -0.492 e. The predicted molar refractivity (Wildman–Crippen MR) is 163 cm³/mol. The number of furan rings is 1. The Bertz CT molecular complexity index is 1820. The zero-order chi connectivity index (χ0) is 30.2. The summed E-state index contributed by atoms with van der Waals surface area (Å²) in [6, 6.07) is 8.64. The summed E-state index contributed by atoms with van der Waals surface area (Å²) < 4.78 is 30.9. The maximum Gasteiger partial charge on any atom is 0.330 e. The molecule has 15 heteroatoms. The Balaban J connectivity index is 0.983. The van der Waals surface area contributed by atoms with E-state index in [0.29, 0.717) is 72.6 Å². The minimum absolute atomic E-state index is 0.128. The van der Waals surface area contributed by atoms with E-state index < -0.39 is 0 Å². The quantitative estimate of drug-likeness (QED) is 0.247. The Morgan fingerprint density at radius 1 is 1.00 bits per heavy atom. The van der Waals surface area contributed by atoms with Crippen molar-refractivity contribution in [3.8, 4) is 17.3 Å². The third-order valence-corrected chi connectivity index (χ3v) is 8.48. The SMILES string of the molecule is Cn1c(=O)n(CCN2CCN(c3ccc(OCCN4CCNCC4)cc3F)CC2)c2nc(N)n3nc(-c4ccco4)nc3c21. The molecule has 3 N–H and O–H groups in total. The van der Waals surface area contributed by atoms with Gasteiger partial charge in [-0.15, -0.1) is 5.10 Å². The first-order valence-corrected chi connectivity index (χ1v) is 14.9. The summed E-state index contributed by atoms with van der Waals surface area (Å²) in [6.45, 7) is 9.24. The molecule has 2 aliphatic heterocycles. The molecule has 0 bridgehead atoms. The third kappa shape index (κ3) is 5.37. The van der Waals surface area contributed by atoms with E-state index in [2.05, 4.69) is 35.1 Å². The van der Waals surface area contributed by atoms with Crippen molar-refractivity contribution in [1.29, 1.82) is 0 Å². The Morgan fingerprint density at radius 3 is 2.55 bits per heavy atom. The molecule has 2 saturated heterocycles. The first kappa shape index (κ1) is 28.3. The molecule has 7 rings (SSSR count). The van der Waals surface area contributed by atoms with Crippen molar-refractivity contribution in [3.05, 3.63) is 52.9 Å². The Labute approximate surface area is 252 Å². The van der Waals surface area contributed by atoms with Gasteiger partial charge in [0.1, 0.15) is 23.7 Å². The molecule has 0 aliphatic carbocycles. The fourth-order valence-corrected chi connectivity index (χ4v) is 6.02. The van der Waals surface area contributed by atoms with Gasteiger partial charge in [0.2, 0.25) is 11.8 Å². The van der Waals surface area contributed by atoms with Gasteiger partial charge in [-0.05, 0) is 24.3 Å². The fourth-order valence-electron chi connectivity index (χ4n) is 6.02. The van der Waals surface area contributed by atoms with Crippen LogP contribution in [0.15, 0.2) is 45.8 Å². The van der Waals surface area contributed by atoms with Crippen LogP contribution in [0.2, 0.25) is 0 Å². The molecule has 2 aliphatic rings. The highest BCUT2D eigenvalue weighted by molar-refractivity contribution is 5.88. The molecule has 44 heavy (non-hydrogen) atoms. The maximum absolute atomic E-state index is 15.1. The fraction of sp³-hybridized carbons (Fsp3) is 0.448. The van der Waals surface area contributed by atoms with E-state index in [1.54, 1.807) is 36.1 Å². The highest BCUT2D eigenvalue weighted by atomic mass is 19.1. The van der Waals surface area contributed by atoms with Crippen LogP contribution in [-0.4, -0.2) is 111 Å². The molecule has 2 fully saturated rings. The average Bonchev–Trinajstić information content (AvgIpc) is 3.77. The number of hydrogen-bond donors (Lipinski definition) is 2. The maximum atomic E-state index is 15.1. The molecule has 0 radical (unpaired) electrons.